The van der Waals surface area contributed by atoms with Crippen LogP contribution in [0.4, 0.5) is 0 Å². The number of hydrogen-bond acceptors (Lipinski definition) is 4. The lowest BCUT2D eigenvalue weighted by Gasteiger charge is -2.14. The van der Waals surface area contributed by atoms with Gasteiger partial charge in [0.15, 0.2) is 0 Å². The smallest absolute Gasteiger partial charge is 0.251 e. The first-order valence-electron chi connectivity index (χ1n) is 7.90. The number of carbonyl (C=O) groups excluding carboxylic acids is 2. The van der Waals surface area contributed by atoms with Crippen LogP contribution in [0.1, 0.15) is 29.5 Å². The van der Waals surface area contributed by atoms with Gasteiger partial charge in [0.25, 0.3) is 5.91 Å². The Bertz CT molecular complexity index is 626. The number of rotatable bonds is 9. The van der Waals surface area contributed by atoms with Crippen molar-refractivity contribution in [3.8, 4) is 0 Å². The molecule has 128 valence electrons. The van der Waals surface area contributed by atoms with Gasteiger partial charge >= 0.3 is 0 Å². The van der Waals surface area contributed by atoms with Crippen molar-refractivity contribution in [3.05, 3.63) is 60.1 Å². The molecule has 0 aliphatic heterocycles. The highest BCUT2D eigenvalue weighted by Gasteiger charge is 2.15. The van der Waals surface area contributed by atoms with E-state index >= 15 is 0 Å². The highest BCUT2D eigenvalue weighted by atomic mass is 16.5. The highest BCUT2D eigenvalue weighted by Crippen LogP contribution is 2.02. The van der Waals surface area contributed by atoms with Gasteiger partial charge in [-0.3, -0.25) is 9.59 Å². The molecule has 1 aromatic heterocycles. The topological polar surface area (TPSA) is 80.6 Å². The summed E-state index contributed by atoms with van der Waals surface area (Å²) < 4.78 is 10.6. The van der Waals surface area contributed by atoms with Gasteiger partial charge in [-0.1, -0.05) is 18.2 Å². The third-order valence-electron chi connectivity index (χ3n) is 3.37. The van der Waals surface area contributed by atoms with E-state index in [1.54, 1.807) is 37.5 Å². The molecule has 0 bridgehead atoms. The molecule has 6 nitrogen and oxygen atoms in total. The Labute approximate surface area is 141 Å². The number of benzene rings is 1. The first-order valence-corrected chi connectivity index (χ1v) is 7.90. The third-order valence-corrected chi connectivity index (χ3v) is 3.37. The predicted octanol–water partition coefficient (Wildman–Crippen LogP) is 2.12. The molecule has 0 unspecified atom stereocenters. The summed E-state index contributed by atoms with van der Waals surface area (Å²) in [5.74, 6) is 0.293. The molecule has 1 heterocycles. The molecule has 6 heteroatoms. The molecule has 0 saturated carbocycles. The monoisotopic (exact) mass is 330 g/mol. The second kappa shape index (κ2) is 9.52. The Morgan fingerprint density at radius 2 is 1.96 bits per heavy atom. The van der Waals surface area contributed by atoms with Gasteiger partial charge in [-0.15, -0.1) is 0 Å². The van der Waals surface area contributed by atoms with Crippen LogP contribution in [0.3, 0.4) is 0 Å². The van der Waals surface area contributed by atoms with Gasteiger partial charge in [0.2, 0.25) is 5.91 Å². The summed E-state index contributed by atoms with van der Waals surface area (Å²) in [6.07, 6.45) is 2.29. The van der Waals surface area contributed by atoms with E-state index in [0.717, 1.165) is 5.76 Å². The molecular weight excluding hydrogens is 308 g/mol. The number of carbonyl (C=O) groups is 2. The van der Waals surface area contributed by atoms with E-state index < -0.39 is 6.04 Å². The molecule has 24 heavy (non-hydrogen) atoms. The molecule has 0 aliphatic rings. The van der Waals surface area contributed by atoms with E-state index in [1.165, 1.54) is 0 Å². The molecule has 2 amide bonds. The van der Waals surface area contributed by atoms with Crippen LogP contribution in [-0.4, -0.2) is 31.0 Å². The summed E-state index contributed by atoms with van der Waals surface area (Å²) >= 11 is 0. The van der Waals surface area contributed by atoms with E-state index in [2.05, 4.69) is 10.6 Å². The quantitative estimate of drug-likeness (QED) is 0.690. The summed E-state index contributed by atoms with van der Waals surface area (Å²) in [7, 11) is 0. The summed E-state index contributed by atoms with van der Waals surface area (Å²) in [5.41, 5.74) is 0.531. The first-order chi connectivity index (χ1) is 11.7. The van der Waals surface area contributed by atoms with Crippen molar-refractivity contribution in [2.45, 2.75) is 26.0 Å². The number of hydrogen-bond donors (Lipinski definition) is 2. The average Bonchev–Trinajstić information content (AvgIpc) is 3.11. The lowest BCUT2D eigenvalue weighted by atomic mass is 10.2. The fourth-order valence-electron chi connectivity index (χ4n) is 2.04. The van der Waals surface area contributed by atoms with Crippen LogP contribution < -0.4 is 10.6 Å². The lowest BCUT2D eigenvalue weighted by molar-refractivity contribution is -0.122. The van der Waals surface area contributed by atoms with Crippen molar-refractivity contribution in [2.24, 2.45) is 0 Å². The van der Waals surface area contributed by atoms with Crippen LogP contribution in [0.25, 0.3) is 0 Å². The molecule has 0 aliphatic carbocycles. The third kappa shape index (κ3) is 5.89. The Hall–Kier alpha value is -2.60. The van der Waals surface area contributed by atoms with E-state index in [9.17, 15) is 9.59 Å². The zero-order chi connectivity index (χ0) is 17.2. The standard InChI is InChI=1S/C18H22N2O4/c1-14(20-18(22)15-7-3-2-4-8-15)17(21)19-10-6-11-23-13-16-9-5-12-24-16/h2-5,7-9,12,14H,6,10-11,13H2,1H3,(H,19,21)(H,20,22)/t14-/m0/s1. The summed E-state index contributed by atoms with van der Waals surface area (Å²) in [6.45, 7) is 3.09. The molecule has 2 rings (SSSR count). The van der Waals surface area contributed by atoms with Gasteiger partial charge in [-0.25, -0.2) is 0 Å². The van der Waals surface area contributed by atoms with Crippen LogP contribution in [0, 0.1) is 0 Å². The zero-order valence-electron chi connectivity index (χ0n) is 13.7. The molecular formula is C18H22N2O4. The molecule has 0 spiro atoms. The minimum atomic E-state index is -0.596. The van der Waals surface area contributed by atoms with Crippen molar-refractivity contribution in [1.29, 1.82) is 0 Å². The van der Waals surface area contributed by atoms with Crippen molar-refractivity contribution in [2.75, 3.05) is 13.2 Å². The summed E-state index contributed by atoms with van der Waals surface area (Å²) in [5, 5.41) is 5.45. The second-order valence-corrected chi connectivity index (χ2v) is 5.34. The Morgan fingerprint density at radius 1 is 1.17 bits per heavy atom. The van der Waals surface area contributed by atoms with Crippen molar-refractivity contribution >= 4 is 11.8 Å². The zero-order valence-corrected chi connectivity index (χ0v) is 13.7. The maximum atomic E-state index is 12.0. The maximum Gasteiger partial charge on any atom is 0.251 e. The van der Waals surface area contributed by atoms with Crippen LogP contribution in [0.5, 0.6) is 0 Å². The van der Waals surface area contributed by atoms with Crippen LogP contribution >= 0.6 is 0 Å². The lowest BCUT2D eigenvalue weighted by Crippen LogP contribution is -2.45. The minimum Gasteiger partial charge on any atom is -0.467 e. The van der Waals surface area contributed by atoms with E-state index in [1.807, 2.05) is 18.2 Å². The summed E-state index contributed by atoms with van der Waals surface area (Å²) in [4.78, 5) is 23.9. The second-order valence-electron chi connectivity index (χ2n) is 5.34. The largest absolute Gasteiger partial charge is 0.467 e. The number of amides is 2. The van der Waals surface area contributed by atoms with E-state index in [4.69, 9.17) is 9.15 Å². The van der Waals surface area contributed by atoms with E-state index in [-0.39, 0.29) is 11.8 Å². The van der Waals surface area contributed by atoms with Gasteiger partial charge < -0.3 is 19.8 Å². The van der Waals surface area contributed by atoms with Gasteiger partial charge in [0.1, 0.15) is 18.4 Å². The fourth-order valence-corrected chi connectivity index (χ4v) is 2.04. The van der Waals surface area contributed by atoms with Gasteiger partial charge in [0, 0.05) is 18.7 Å². The molecule has 1 aromatic carbocycles. The van der Waals surface area contributed by atoms with Gasteiger partial charge in [0.05, 0.1) is 6.26 Å². The van der Waals surface area contributed by atoms with E-state index in [0.29, 0.717) is 31.7 Å². The van der Waals surface area contributed by atoms with Crippen molar-refractivity contribution in [3.63, 3.8) is 0 Å². The van der Waals surface area contributed by atoms with Crippen molar-refractivity contribution in [1.82, 2.24) is 10.6 Å². The Morgan fingerprint density at radius 3 is 2.67 bits per heavy atom. The predicted molar refractivity (Wildman–Crippen MR) is 89.4 cm³/mol. The molecule has 2 N–H and O–H groups in total. The van der Waals surface area contributed by atoms with Gasteiger partial charge in [-0.05, 0) is 37.6 Å². The fraction of sp³-hybridized carbons (Fsp3) is 0.333. The van der Waals surface area contributed by atoms with Crippen LogP contribution in [0.2, 0.25) is 0 Å². The molecule has 1 atom stereocenters. The van der Waals surface area contributed by atoms with Crippen molar-refractivity contribution < 1.29 is 18.7 Å². The number of furan rings is 1. The molecule has 2 aromatic rings. The highest BCUT2D eigenvalue weighted by molar-refractivity contribution is 5.97. The van der Waals surface area contributed by atoms with Crippen LogP contribution in [0.15, 0.2) is 53.1 Å². The normalized spacial score (nSPS) is 11.7. The number of ether oxygens (including phenoxy) is 1. The molecule has 0 saturated heterocycles. The SMILES string of the molecule is C[C@H](NC(=O)c1ccccc1)C(=O)NCCCOCc1ccco1. The Balaban J connectivity index is 1.58. The average molecular weight is 330 g/mol. The number of nitrogens with one attached hydrogen (secondary N) is 2. The maximum absolute atomic E-state index is 12.0. The first kappa shape index (κ1) is 17.7. The van der Waals surface area contributed by atoms with Crippen LogP contribution in [-0.2, 0) is 16.1 Å². The minimum absolute atomic E-state index is 0.217. The van der Waals surface area contributed by atoms with Gasteiger partial charge in [-0.2, -0.15) is 0 Å². The Kier molecular flexibility index (Phi) is 7.04. The molecule has 0 radical (unpaired) electrons. The summed E-state index contributed by atoms with van der Waals surface area (Å²) in [6, 6.07) is 11.9. The molecule has 0 fully saturated rings.